The Bertz CT molecular complexity index is 959. The molecule has 0 saturated heterocycles. The lowest BCUT2D eigenvalue weighted by molar-refractivity contribution is -0.145. The number of thiazole rings is 1. The molecule has 126 valence electrons. The molecule has 0 aliphatic heterocycles. The Morgan fingerprint density at radius 2 is 2.12 bits per heavy atom. The molecule has 0 aliphatic carbocycles. The van der Waals surface area contributed by atoms with Crippen molar-refractivity contribution in [1.82, 2.24) is 15.1 Å². The highest BCUT2D eigenvalue weighted by Crippen LogP contribution is 2.22. The molecule has 0 saturated carbocycles. The number of esters is 1. The van der Waals surface area contributed by atoms with Crippen LogP contribution in [0, 0.1) is 0 Å². The fourth-order valence-electron chi connectivity index (χ4n) is 2.27. The van der Waals surface area contributed by atoms with Gasteiger partial charge in [-0.05, 0) is 23.6 Å². The number of carbonyl (C=O) groups excluding carboxylic acids is 1. The summed E-state index contributed by atoms with van der Waals surface area (Å²) in [6.07, 6.45) is 0.548. The number of hydrogen-bond donors (Lipinski definition) is 0. The molecule has 3 aromatic heterocycles. The minimum absolute atomic E-state index is 0.183. The van der Waals surface area contributed by atoms with E-state index in [1.807, 2.05) is 41.1 Å². The third kappa shape index (κ3) is 3.75. The van der Waals surface area contributed by atoms with E-state index in [1.54, 1.807) is 11.3 Å². The van der Waals surface area contributed by atoms with Crippen LogP contribution in [-0.4, -0.2) is 21.1 Å². The maximum absolute atomic E-state index is 11.9. The summed E-state index contributed by atoms with van der Waals surface area (Å²) in [5.41, 5.74) is 1.84. The molecule has 3 heterocycles. The van der Waals surface area contributed by atoms with Crippen LogP contribution < -0.4 is 0 Å². The van der Waals surface area contributed by atoms with Crippen LogP contribution in [0.3, 0.4) is 0 Å². The van der Waals surface area contributed by atoms with E-state index in [2.05, 4.69) is 15.1 Å². The largest absolute Gasteiger partial charge is 0.458 e. The minimum atomic E-state index is -0.311. The first-order valence-electron chi connectivity index (χ1n) is 7.63. The van der Waals surface area contributed by atoms with Gasteiger partial charge in [0.2, 0.25) is 11.7 Å². The second-order valence-electron chi connectivity index (χ2n) is 5.26. The van der Waals surface area contributed by atoms with Crippen molar-refractivity contribution in [2.45, 2.75) is 19.4 Å². The zero-order valence-electron chi connectivity index (χ0n) is 13.0. The van der Waals surface area contributed by atoms with Gasteiger partial charge in [0.1, 0.15) is 11.6 Å². The summed E-state index contributed by atoms with van der Waals surface area (Å²) in [7, 11) is 0. The van der Waals surface area contributed by atoms with Crippen LogP contribution >= 0.6 is 22.7 Å². The number of ether oxygens (including phenoxy) is 1. The minimum Gasteiger partial charge on any atom is -0.458 e. The van der Waals surface area contributed by atoms with Gasteiger partial charge in [0.15, 0.2) is 0 Å². The van der Waals surface area contributed by atoms with Gasteiger partial charge in [-0.25, -0.2) is 4.98 Å². The number of rotatable bonds is 6. The molecule has 6 nitrogen and oxygen atoms in total. The average molecular weight is 371 g/mol. The first-order chi connectivity index (χ1) is 12.3. The third-order valence-corrected chi connectivity index (χ3v) is 5.18. The van der Waals surface area contributed by atoms with Gasteiger partial charge in [0.25, 0.3) is 0 Å². The number of hydrogen-bond acceptors (Lipinski definition) is 8. The predicted octanol–water partition coefficient (Wildman–Crippen LogP) is 4.08. The van der Waals surface area contributed by atoms with Crippen LogP contribution in [-0.2, 0) is 22.6 Å². The molecule has 0 radical (unpaired) electrons. The molecular weight excluding hydrogens is 358 g/mol. The highest BCUT2D eigenvalue weighted by Gasteiger charge is 2.12. The summed E-state index contributed by atoms with van der Waals surface area (Å²) >= 11 is 3.09. The SMILES string of the molecule is O=C(CCc1nc(-c2ccsc2)no1)OCc1nc2ccccc2s1. The van der Waals surface area contributed by atoms with E-state index in [4.69, 9.17) is 9.26 Å². The molecule has 4 aromatic rings. The molecule has 25 heavy (non-hydrogen) atoms. The molecule has 0 spiro atoms. The molecule has 0 aliphatic rings. The molecule has 4 rings (SSSR count). The van der Waals surface area contributed by atoms with Crippen molar-refractivity contribution in [3.63, 3.8) is 0 Å². The van der Waals surface area contributed by atoms with Gasteiger partial charge in [-0.1, -0.05) is 17.3 Å². The topological polar surface area (TPSA) is 78.1 Å². The normalized spacial score (nSPS) is 11.0. The summed E-state index contributed by atoms with van der Waals surface area (Å²) in [6.45, 7) is 0.183. The van der Waals surface area contributed by atoms with Crippen molar-refractivity contribution in [3.05, 3.63) is 52.0 Å². The number of carbonyl (C=O) groups is 1. The standard InChI is InChI=1S/C17H13N3O3S2/c21-16(22-9-15-18-12-3-1-2-4-13(12)25-15)6-5-14-19-17(20-23-14)11-7-8-24-10-11/h1-4,7-8,10H,5-6,9H2. The third-order valence-electron chi connectivity index (χ3n) is 3.49. The quantitative estimate of drug-likeness (QED) is 0.475. The van der Waals surface area contributed by atoms with Gasteiger partial charge in [-0.3, -0.25) is 4.79 Å². The van der Waals surface area contributed by atoms with Gasteiger partial charge in [-0.15, -0.1) is 11.3 Å². The van der Waals surface area contributed by atoms with Gasteiger partial charge in [0, 0.05) is 17.4 Å². The van der Waals surface area contributed by atoms with Crippen LogP contribution in [0.4, 0.5) is 0 Å². The van der Waals surface area contributed by atoms with Crippen molar-refractivity contribution in [2.75, 3.05) is 0 Å². The van der Waals surface area contributed by atoms with Crippen LogP contribution in [0.2, 0.25) is 0 Å². The number of nitrogens with zero attached hydrogens (tertiary/aromatic N) is 3. The maximum atomic E-state index is 11.9. The van der Waals surface area contributed by atoms with Crippen LogP contribution in [0.25, 0.3) is 21.6 Å². The molecule has 0 amide bonds. The van der Waals surface area contributed by atoms with Gasteiger partial charge in [-0.2, -0.15) is 16.3 Å². The highest BCUT2D eigenvalue weighted by atomic mass is 32.1. The molecule has 0 fully saturated rings. The second-order valence-corrected chi connectivity index (χ2v) is 7.15. The Balaban J connectivity index is 1.29. The predicted molar refractivity (Wildman–Crippen MR) is 95.3 cm³/mol. The van der Waals surface area contributed by atoms with Crippen LogP contribution in [0.15, 0.2) is 45.6 Å². The number of benzene rings is 1. The molecular formula is C17H13N3O3S2. The lowest BCUT2D eigenvalue weighted by Gasteiger charge is -2.00. The van der Waals surface area contributed by atoms with Crippen molar-refractivity contribution < 1.29 is 14.1 Å². The van der Waals surface area contributed by atoms with Gasteiger partial charge >= 0.3 is 5.97 Å². The van der Waals surface area contributed by atoms with Crippen molar-refractivity contribution in [2.24, 2.45) is 0 Å². The summed E-state index contributed by atoms with van der Waals surface area (Å²) in [5.74, 6) is 0.659. The van der Waals surface area contributed by atoms with Gasteiger partial charge < -0.3 is 9.26 Å². The molecule has 1 aromatic carbocycles. The Labute approximate surface area is 151 Å². The van der Waals surface area contributed by atoms with E-state index in [9.17, 15) is 4.79 Å². The molecule has 0 unspecified atom stereocenters. The van der Waals surface area contributed by atoms with Crippen LogP contribution in [0.1, 0.15) is 17.3 Å². The lowest BCUT2D eigenvalue weighted by Crippen LogP contribution is -2.06. The summed E-state index contributed by atoms with van der Waals surface area (Å²) in [5, 5.41) is 8.59. The first kappa shape index (κ1) is 15.9. The average Bonchev–Trinajstić information content (AvgIpc) is 3.37. The number of fused-ring (bicyclic) bond motifs is 1. The number of thiophene rings is 1. The molecule has 0 N–H and O–H groups in total. The molecule has 0 bridgehead atoms. The fourth-order valence-corrected chi connectivity index (χ4v) is 3.79. The Morgan fingerprint density at radius 1 is 1.20 bits per heavy atom. The lowest BCUT2D eigenvalue weighted by atomic mass is 10.3. The highest BCUT2D eigenvalue weighted by molar-refractivity contribution is 7.18. The van der Waals surface area contributed by atoms with Crippen molar-refractivity contribution >= 4 is 38.9 Å². The zero-order valence-corrected chi connectivity index (χ0v) is 14.7. The van der Waals surface area contributed by atoms with Crippen molar-refractivity contribution in [1.29, 1.82) is 0 Å². The van der Waals surface area contributed by atoms with E-state index < -0.39 is 0 Å². The van der Waals surface area contributed by atoms with Gasteiger partial charge in [0.05, 0.1) is 16.6 Å². The number of aromatic nitrogens is 3. The summed E-state index contributed by atoms with van der Waals surface area (Å²) in [4.78, 5) is 20.6. The van der Waals surface area contributed by atoms with Crippen LogP contribution in [0.5, 0.6) is 0 Å². The summed E-state index contributed by atoms with van der Waals surface area (Å²) in [6, 6.07) is 9.76. The monoisotopic (exact) mass is 371 g/mol. The number of aryl methyl sites for hydroxylation is 1. The van der Waals surface area contributed by atoms with E-state index in [-0.39, 0.29) is 19.0 Å². The molecule has 8 heteroatoms. The zero-order chi connectivity index (χ0) is 17.1. The smallest absolute Gasteiger partial charge is 0.306 e. The van der Waals surface area contributed by atoms with E-state index in [1.165, 1.54) is 11.3 Å². The summed E-state index contributed by atoms with van der Waals surface area (Å²) < 4.78 is 11.5. The fraction of sp³-hybridized carbons (Fsp3) is 0.176. The van der Waals surface area contributed by atoms with Crippen molar-refractivity contribution in [3.8, 4) is 11.4 Å². The maximum Gasteiger partial charge on any atom is 0.306 e. The Morgan fingerprint density at radius 3 is 2.96 bits per heavy atom. The van der Waals surface area contributed by atoms with E-state index in [0.29, 0.717) is 18.1 Å². The number of para-hydroxylation sites is 1. The second kappa shape index (κ2) is 7.12. The Kier molecular flexibility index (Phi) is 4.53. The first-order valence-corrected chi connectivity index (χ1v) is 9.39. The van der Waals surface area contributed by atoms with E-state index >= 15 is 0 Å². The molecule has 0 atom stereocenters. The Hall–Kier alpha value is -2.58. The van der Waals surface area contributed by atoms with E-state index in [0.717, 1.165) is 20.8 Å².